The van der Waals surface area contributed by atoms with E-state index in [-0.39, 0.29) is 5.69 Å². The van der Waals surface area contributed by atoms with Gasteiger partial charge in [-0.05, 0) is 39.1 Å². The number of carboxylic acid groups (broad SMARTS) is 1. The van der Waals surface area contributed by atoms with Gasteiger partial charge in [-0.2, -0.15) is 0 Å². The number of rotatable bonds is 6. The second kappa shape index (κ2) is 7.65. The van der Waals surface area contributed by atoms with Gasteiger partial charge in [0.25, 0.3) is 0 Å². The maximum atomic E-state index is 11.2. The Morgan fingerprint density at radius 2 is 2.24 bits per heavy atom. The van der Waals surface area contributed by atoms with E-state index < -0.39 is 5.97 Å². The molecule has 7 nitrogen and oxygen atoms in total. The van der Waals surface area contributed by atoms with Crippen LogP contribution in [0.5, 0.6) is 0 Å². The molecule has 2 aromatic heterocycles. The summed E-state index contributed by atoms with van der Waals surface area (Å²) in [5, 5.41) is 9.15. The van der Waals surface area contributed by atoms with Crippen LogP contribution in [0.15, 0.2) is 30.6 Å². The average molecular weight is 343 g/mol. The van der Waals surface area contributed by atoms with Crippen molar-refractivity contribution in [3.05, 3.63) is 42.1 Å². The highest BCUT2D eigenvalue weighted by Crippen LogP contribution is 2.28. The van der Waals surface area contributed by atoms with Crippen LogP contribution in [0, 0.1) is 0 Å². The monoisotopic (exact) mass is 343 g/mol. The number of piperidine rings is 1. The number of pyridine rings is 1. The van der Waals surface area contributed by atoms with E-state index in [1.165, 1.54) is 6.07 Å². The first-order chi connectivity index (χ1) is 12.0. The summed E-state index contributed by atoms with van der Waals surface area (Å²) in [5.74, 6) is 1.19. The Bertz CT molecular complexity index is 728. The zero-order chi connectivity index (χ0) is 17.8. The van der Waals surface area contributed by atoms with Gasteiger partial charge in [-0.15, -0.1) is 0 Å². The molecule has 0 radical (unpaired) electrons. The minimum atomic E-state index is -0.991. The van der Waals surface area contributed by atoms with Crippen molar-refractivity contribution in [1.29, 1.82) is 0 Å². The molecule has 1 aliphatic rings. The molecule has 7 heteroatoms. The molecule has 0 bridgehead atoms. The second-order valence-electron chi connectivity index (χ2n) is 6.75. The number of carboxylic acids is 1. The number of likely N-dealkylation sites (N-methyl/N-ethyl adjacent to an activating group) is 1. The number of carbonyl (C=O) groups is 1. The van der Waals surface area contributed by atoms with Gasteiger partial charge in [0.15, 0.2) is 5.69 Å². The van der Waals surface area contributed by atoms with Crippen molar-refractivity contribution in [3.8, 4) is 0 Å². The van der Waals surface area contributed by atoms with Crippen molar-refractivity contribution in [1.82, 2.24) is 19.4 Å². The standard InChI is InChI=1S/C18H25N5O2/c1-21(2)11-12-22-10-8-19-17(22)14-5-4-9-23(13-14)16-7-3-6-15(20-16)18(24)25/h3,6-8,10,14H,4-5,9,11-13H2,1-2H3,(H,24,25)/t14-/m1/s1. The third-order valence-corrected chi connectivity index (χ3v) is 4.60. The van der Waals surface area contributed by atoms with Gasteiger partial charge in [0.05, 0.1) is 0 Å². The third kappa shape index (κ3) is 4.17. The smallest absolute Gasteiger partial charge is 0.354 e. The van der Waals surface area contributed by atoms with Crippen LogP contribution < -0.4 is 4.90 Å². The van der Waals surface area contributed by atoms with E-state index in [0.29, 0.717) is 5.92 Å². The number of hydrogen-bond acceptors (Lipinski definition) is 5. The summed E-state index contributed by atoms with van der Waals surface area (Å²) >= 11 is 0. The van der Waals surface area contributed by atoms with Gasteiger partial charge in [0.1, 0.15) is 11.6 Å². The molecule has 0 unspecified atom stereocenters. The van der Waals surface area contributed by atoms with Gasteiger partial charge >= 0.3 is 5.97 Å². The van der Waals surface area contributed by atoms with Crippen molar-refractivity contribution < 1.29 is 9.90 Å². The molecule has 3 rings (SSSR count). The zero-order valence-electron chi connectivity index (χ0n) is 14.8. The normalized spacial score (nSPS) is 17.9. The summed E-state index contributed by atoms with van der Waals surface area (Å²) in [5.41, 5.74) is 0.0899. The maximum absolute atomic E-state index is 11.2. The number of aromatic carboxylic acids is 1. The first kappa shape index (κ1) is 17.4. The van der Waals surface area contributed by atoms with Gasteiger partial charge < -0.3 is 19.5 Å². The van der Waals surface area contributed by atoms with Crippen molar-refractivity contribution in [2.24, 2.45) is 0 Å². The molecule has 1 N–H and O–H groups in total. The molecule has 1 aliphatic heterocycles. The van der Waals surface area contributed by atoms with Crippen molar-refractivity contribution in [3.63, 3.8) is 0 Å². The summed E-state index contributed by atoms with van der Waals surface area (Å²) in [6.07, 6.45) is 6.05. The van der Waals surface area contributed by atoms with E-state index in [1.54, 1.807) is 6.07 Å². The third-order valence-electron chi connectivity index (χ3n) is 4.60. The minimum Gasteiger partial charge on any atom is -0.477 e. The predicted octanol–water partition coefficient (Wildman–Crippen LogP) is 1.92. The topological polar surface area (TPSA) is 74.5 Å². The van der Waals surface area contributed by atoms with Crippen LogP contribution in [0.2, 0.25) is 0 Å². The number of imidazole rings is 1. The van der Waals surface area contributed by atoms with Crippen LogP contribution in [-0.2, 0) is 6.54 Å². The Morgan fingerprint density at radius 1 is 1.40 bits per heavy atom. The largest absolute Gasteiger partial charge is 0.477 e. The molecule has 134 valence electrons. The summed E-state index contributed by atoms with van der Waals surface area (Å²) in [7, 11) is 4.14. The highest BCUT2D eigenvalue weighted by atomic mass is 16.4. The lowest BCUT2D eigenvalue weighted by molar-refractivity contribution is 0.0690. The van der Waals surface area contributed by atoms with Gasteiger partial charge in [0.2, 0.25) is 0 Å². The minimum absolute atomic E-state index is 0.0899. The molecular weight excluding hydrogens is 318 g/mol. The number of anilines is 1. The lowest BCUT2D eigenvalue weighted by Gasteiger charge is -2.33. The van der Waals surface area contributed by atoms with E-state index in [1.807, 2.05) is 18.5 Å². The van der Waals surface area contributed by atoms with E-state index in [9.17, 15) is 4.79 Å². The summed E-state index contributed by atoms with van der Waals surface area (Å²) in [6, 6.07) is 5.17. The van der Waals surface area contributed by atoms with Crippen LogP contribution >= 0.6 is 0 Å². The van der Waals surface area contributed by atoms with Crippen LogP contribution in [0.3, 0.4) is 0 Å². The summed E-state index contributed by atoms with van der Waals surface area (Å²) < 4.78 is 2.23. The molecule has 3 heterocycles. The Hall–Kier alpha value is -2.41. The molecule has 0 saturated carbocycles. The van der Waals surface area contributed by atoms with Crippen molar-refractivity contribution in [2.75, 3.05) is 38.6 Å². The number of hydrogen-bond donors (Lipinski definition) is 1. The summed E-state index contributed by atoms with van der Waals surface area (Å²) in [4.78, 5) is 24.4. The molecule has 0 amide bonds. The van der Waals surface area contributed by atoms with Crippen molar-refractivity contribution in [2.45, 2.75) is 25.3 Å². The molecule has 0 aromatic carbocycles. The lowest BCUT2D eigenvalue weighted by atomic mass is 9.97. The van der Waals surface area contributed by atoms with Gasteiger partial charge in [-0.3, -0.25) is 0 Å². The van der Waals surface area contributed by atoms with E-state index in [4.69, 9.17) is 5.11 Å². The highest BCUT2D eigenvalue weighted by Gasteiger charge is 2.25. The summed E-state index contributed by atoms with van der Waals surface area (Å²) in [6.45, 7) is 3.60. The maximum Gasteiger partial charge on any atom is 0.354 e. The Morgan fingerprint density at radius 3 is 3.00 bits per heavy atom. The number of nitrogens with zero attached hydrogens (tertiary/aromatic N) is 5. The fourth-order valence-electron chi connectivity index (χ4n) is 3.29. The van der Waals surface area contributed by atoms with E-state index in [0.717, 1.165) is 50.7 Å². The predicted molar refractivity (Wildman–Crippen MR) is 96.2 cm³/mol. The highest BCUT2D eigenvalue weighted by molar-refractivity contribution is 5.85. The molecule has 0 spiro atoms. The first-order valence-electron chi connectivity index (χ1n) is 8.65. The fourth-order valence-corrected chi connectivity index (χ4v) is 3.29. The van der Waals surface area contributed by atoms with Crippen LogP contribution in [0.4, 0.5) is 5.82 Å². The molecule has 2 aromatic rings. The van der Waals surface area contributed by atoms with Gasteiger partial charge in [-0.1, -0.05) is 6.07 Å². The van der Waals surface area contributed by atoms with E-state index in [2.05, 4.69) is 38.4 Å². The second-order valence-corrected chi connectivity index (χ2v) is 6.75. The molecule has 0 aliphatic carbocycles. The lowest BCUT2D eigenvalue weighted by Crippen LogP contribution is -2.36. The fraction of sp³-hybridized carbons (Fsp3) is 0.500. The quantitative estimate of drug-likeness (QED) is 0.864. The van der Waals surface area contributed by atoms with E-state index >= 15 is 0 Å². The SMILES string of the molecule is CN(C)CCn1ccnc1[C@@H]1CCCN(c2cccc(C(=O)O)n2)C1. The molecule has 1 fully saturated rings. The van der Waals surface area contributed by atoms with Crippen molar-refractivity contribution >= 4 is 11.8 Å². The van der Waals surface area contributed by atoms with Gasteiger partial charge in [0, 0.05) is 44.5 Å². The number of aromatic nitrogens is 3. The molecule has 1 saturated heterocycles. The molecule has 25 heavy (non-hydrogen) atoms. The zero-order valence-corrected chi connectivity index (χ0v) is 14.8. The Kier molecular flexibility index (Phi) is 5.33. The van der Waals surface area contributed by atoms with Gasteiger partial charge in [-0.25, -0.2) is 14.8 Å². The average Bonchev–Trinajstić information content (AvgIpc) is 3.09. The molecular formula is C18H25N5O2. The van der Waals surface area contributed by atoms with Crippen LogP contribution in [-0.4, -0.2) is 64.2 Å². The Balaban J connectivity index is 1.75. The Labute approximate surface area is 147 Å². The van der Waals surface area contributed by atoms with Crippen LogP contribution in [0.1, 0.15) is 35.1 Å². The van der Waals surface area contributed by atoms with Crippen LogP contribution in [0.25, 0.3) is 0 Å². The first-order valence-corrected chi connectivity index (χ1v) is 8.65. The molecule has 1 atom stereocenters.